The first-order valence-corrected chi connectivity index (χ1v) is 12.6. The van der Waals surface area contributed by atoms with Gasteiger partial charge in [0.05, 0.1) is 25.8 Å². The number of rotatable bonds is 7. The van der Waals surface area contributed by atoms with Crippen LogP contribution in [0.25, 0.3) is 0 Å². The van der Waals surface area contributed by atoms with Gasteiger partial charge >= 0.3 is 0 Å². The summed E-state index contributed by atoms with van der Waals surface area (Å²) in [7, 11) is 0. The van der Waals surface area contributed by atoms with Crippen LogP contribution in [0.2, 0.25) is 0 Å². The number of hydrogen-bond acceptors (Lipinski definition) is 6. The summed E-state index contributed by atoms with van der Waals surface area (Å²) >= 11 is 0. The van der Waals surface area contributed by atoms with Gasteiger partial charge in [0.1, 0.15) is 0 Å². The van der Waals surface area contributed by atoms with E-state index in [-0.39, 0.29) is 18.2 Å². The fourth-order valence-corrected chi connectivity index (χ4v) is 5.27. The van der Waals surface area contributed by atoms with E-state index in [1.165, 1.54) is 11.3 Å². The van der Waals surface area contributed by atoms with E-state index in [1.807, 2.05) is 12.1 Å². The maximum atomic E-state index is 12.8. The molecule has 2 aromatic rings. The van der Waals surface area contributed by atoms with E-state index in [9.17, 15) is 4.79 Å². The van der Waals surface area contributed by atoms with E-state index < -0.39 is 0 Å². The van der Waals surface area contributed by atoms with Crippen LogP contribution in [0.15, 0.2) is 54.6 Å². The molecule has 1 N–H and O–H groups in total. The highest BCUT2D eigenvalue weighted by molar-refractivity contribution is 5.92. The van der Waals surface area contributed by atoms with Crippen molar-refractivity contribution in [1.29, 1.82) is 0 Å². The molecule has 0 aliphatic carbocycles. The minimum absolute atomic E-state index is 0.0205. The molecule has 3 heterocycles. The quantitative estimate of drug-likeness (QED) is 0.679. The van der Waals surface area contributed by atoms with Gasteiger partial charge in [-0.3, -0.25) is 14.6 Å². The minimum atomic E-state index is -0.194. The van der Waals surface area contributed by atoms with Crippen LogP contribution in [0, 0.1) is 0 Å². The molecule has 7 heteroatoms. The molecule has 0 radical (unpaired) electrons. The highest BCUT2D eigenvalue weighted by Crippen LogP contribution is 2.25. The molecule has 0 spiro atoms. The number of anilines is 2. The molecule has 3 saturated heterocycles. The molecule has 3 aliphatic heterocycles. The van der Waals surface area contributed by atoms with Crippen LogP contribution in [0.1, 0.15) is 24.8 Å². The third-order valence-corrected chi connectivity index (χ3v) is 7.11. The Labute approximate surface area is 202 Å². The molecule has 0 aromatic heterocycles. The highest BCUT2D eigenvalue weighted by atomic mass is 16.7. The van der Waals surface area contributed by atoms with Gasteiger partial charge in [-0.1, -0.05) is 36.8 Å². The van der Waals surface area contributed by atoms with Gasteiger partial charge in [-0.25, -0.2) is 0 Å². The second-order valence-electron chi connectivity index (χ2n) is 9.49. The summed E-state index contributed by atoms with van der Waals surface area (Å²) in [5.74, 6) is 0.0205. The Bertz CT molecular complexity index is 909. The first-order chi connectivity index (χ1) is 16.7. The fourth-order valence-electron chi connectivity index (χ4n) is 5.27. The SMILES string of the molecule is O=C(CN1CCCCC1C1OCCO1)Nc1ccc(N2CCN(Cc3ccccc3)CC2)cc1. The van der Waals surface area contributed by atoms with Gasteiger partial charge < -0.3 is 19.7 Å². The Morgan fingerprint density at radius 3 is 2.35 bits per heavy atom. The lowest BCUT2D eigenvalue weighted by Crippen LogP contribution is -2.50. The van der Waals surface area contributed by atoms with Crippen LogP contribution in [0.4, 0.5) is 11.4 Å². The first kappa shape index (κ1) is 23.3. The Morgan fingerprint density at radius 1 is 0.882 bits per heavy atom. The molecule has 3 aliphatic rings. The van der Waals surface area contributed by atoms with Gasteiger partial charge in [-0.2, -0.15) is 0 Å². The summed E-state index contributed by atoms with van der Waals surface area (Å²) in [6.45, 7) is 7.73. The van der Waals surface area contributed by atoms with E-state index in [2.05, 4.69) is 62.5 Å². The number of nitrogens with one attached hydrogen (secondary N) is 1. The number of nitrogens with zero attached hydrogens (tertiary/aromatic N) is 3. The largest absolute Gasteiger partial charge is 0.369 e. The van der Waals surface area contributed by atoms with E-state index in [1.54, 1.807) is 0 Å². The van der Waals surface area contributed by atoms with Crippen molar-refractivity contribution in [2.75, 3.05) is 62.7 Å². The van der Waals surface area contributed by atoms with Crippen molar-refractivity contribution in [2.24, 2.45) is 0 Å². The predicted molar refractivity (Wildman–Crippen MR) is 134 cm³/mol. The van der Waals surface area contributed by atoms with Crippen LogP contribution in [-0.4, -0.2) is 80.5 Å². The Hall–Kier alpha value is -2.45. The Balaban J connectivity index is 1.09. The number of benzene rings is 2. The molecular weight excluding hydrogens is 428 g/mol. The molecule has 34 heavy (non-hydrogen) atoms. The second kappa shape index (κ2) is 11.3. The van der Waals surface area contributed by atoms with E-state index in [0.29, 0.717) is 19.8 Å². The molecule has 3 fully saturated rings. The molecule has 1 unspecified atom stereocenters. The average molecular weight is 465 g/mol. The molecule has 5 rings (SSSR count). The molecule has 1 amide bonds. The lowest BCUT2D eigenvalue weighted by molar-refractivity contribution is -0.127. The Kier molecular flexibility index (Phi) is 7.76. The van der Waals surface area contributed by atoms with Crippen LogP contribution in [-0.2, 0) is 20.8 Å². The molecule has 0 bridgehead atoms. The number of hydrogen-bond donors (Lipinski definition) is 1. The minimum Gasteiger partial charge on any atom is -0.369 e. The number of piperazine rings is 1. The zero-order valence-electron chi connectivity index (χ0n) is 19.9. The number of piperidine rings is 1. The average Bonchev–Trinajstić information content (AvgIpc) is 3.41. The third kappa shape index (κ3) is 5.96. The molecule has 2 aromatic carbocycles. The van der Waals surface area contributed by atoms with Crippen molar-refractivity contribution < 1.29 is 14.3 Å². The van der Waals surface area contributed by atoms with Gasteiger partial charge in [0, 0.05) is 44.1 Å². The number of carbonyl (C=O) groups is 1. The zero-order chi connectivity index (χ0) is 23.2. The zero-order valence-corrected chi connectivity index (χ0v) is 19.9. The van der Waals surface area contributed by atoms with Crippen LogP contribution >= 0.6 is 0 Å². The normalized spacial score (nSPS) is 22.7. The maximum absolute atomic E-state index is 12.8. The number of amides is 1. The monoisotopic (exact) mass is 464 g/mol. The van der Waals surface area contributed by atoms with Crippen molar-refractivity contribution in [3.05, 3.63) is 60.2 Å². The van der Waals surface area contributed by atoms with Gasteiger partial charge in [0.2, 0.25) is 5.91 Å². The topological polar surface area (TPSA) is 57.3 Å². The molecule has 0 saturated carbocycles. The maximum Gasteiger partial charge on any atom is 0.238 e. The predicted octanol–water partition coefficient (Wildman–Crippen LogP) is 3.17. The van der Waals surface area contributed by atoms with Gasteiger partial charge in [-0.05, 0) is 49.2 Å². The van der Waals surface area contributed by atoms with Crippen molar-refractivity contribution in [2.45, 2.75) is 38.1 Å². The number of ether oxygens (including phenoxy) is 2. The fraction of sp³-hybridized carbons (Fsp3) is 0.519. The van der Waals surface area contributed by atoms with Gasteiger partial charge in [0.25, 0.3) is 0 Å². The smallest absolute Gasteiger partial charge is 0.238 e. The van der Waals surface area contributed by atoms with Crippen molar-refractivity contribution in [3.63, 3.8) is 0 Å². The molecular formula is C27H36N4O3. The van der Waals surface area contributed by atoms with Crippen LogP contribution in [0.3, 0.4) is 0 Å². The first-order valence-electron chi connectivity index (χ1n) is 12.6. The van der Waals surface area contributed by atoms with Gasteiger partial charge in [-0.15, -0.1) is 0 Å². The standard InChI is InChI=1S/C27H36N4O3/c32-26(21-31-13-5-4-8-25(31)27-33-18-19-34-27)28-23-9-11-24(12-10-23)30-16-14-29(15-17-30)20-22-6-2-1-3-7-22/h1-3,6-7,9-12,25,27H,4-5,8,13-21H2,(H,28,32). The summed E-state index contributed by atoms with van der Waals surface area (Å²) in [5, 5.41) is 3.08. The van der Waals surface area contributed by atoms with E-state index in [0.717, 1.165) is 64.2 Å². The summed E-state index contributed by atoms with van der Waals surface area (Å²) in [5.41, 5.74) is 3.43. The summed E-state index contributed by atoms with van der Waals surface area (Å²) in [4.78, 5) is 19.9. The second-order valence-corrected chi connectivity index (χ2v) is 9.49. The molecule has 1 atom stereocenters. The van der Waals surface area contributed by atoms with E-state index in [4.69, 9.17) is 9.47 Å². The molecule has 182 valence electrons. The Morgan fingerprint density at radius 2 is 1.62 bits per heavy atom. The van der Waals surface area contributed by atoms with Crippen molar-refractivity contribution in [3.8, 4) is 0 Å². The van der Waals surface area contributed by atoms with E-state index >= 15 is 0 Å². The summed E-state index contributed by atoms with van der Waals surface area (Å²) in [6, 6.07) is 19.1. The third-order valence-electron chi connectivity index (χ3n) is 7.11. The van der Waals surface area contributed by atoms with Crippen LogP contribution < -0.4 is 10.2 Å². The van der Waals surface area contributed by atoms with Crippen molar-refractivity contribution >= 4 is 17.3 Å². The van der Waals surface area contributed by atoms with Crippen LogP contribution in [0.5, 0.6) is 0 Å². The lowest BCUT2D eigenvalue weighted by atomic mass is 10.0. The summed E-state index contributed by atoms with van der Waals surface area (Å²) < 4.78 is 11.5. The molecule has 7 nitrogen and oxygen atoms in total. The summed E-state index contributed by atoms with van der Waals surface area (Å²) in [6.07, 6.45) is 3.10. The number of carbonyl (C=O) groups excluding carboxylic acids is 1. The van der Waals surface area contributed by atoms with Crippen molar-refractivity contribution in [1.82, 2.24) is 9.80 Å². The van der Waals surface area contributed by atoms with Gasteiger partial charge in [0.15, 0.2) is 6.29 Å². The lowest BCUT2D eigenvalue weighted by Gasteiger charge is -2.37. The highest BCUT2D eigenvalue weighted by Gasteiger charge is 2.34. The number of likely N-dealkylation sites (tertiary alicyclic amines) is 1.